The monoisotopic (exact) mass is 586 g/mol. The van der Waals surface area contributed by atoms with Crippen LogP contribution in [0.25, 0.3) is 88.0 Å². The molecule has 1 aliphatic heterocycles. The summed E-state index contributed by atoms with van der Waals surface area (Å²) in [5.74, 6) is 1.80. The molecule has 2 heterocycles. The second-order valence-corrected chi connectivity index (χ2v) is 12.0. The molecule has 9 aromatic rings. The molecule has 0 N–H and O–H groups in total. The van der Waals surface area contributed by atoms with Gasteiger partial charge in [-0.15, -0.1) is 0 Å². The van der Waals surface area contributed by atoms with E-state index in [1.54, 1.807) is 0 Å². The first-order valence-corrected chi connectivity index (χ1v) is 15.7. The fourth-order valence-corrected chi connectivity index (χ4v) is 7.39. The summed E-state index contributed by atoms with van der Waals surface area (Å²) in [6, 6.07) is 56.1. The lowest BCUT2D eigenvalue weighted by Gasteiger charge is -2.22. The van der Waals surface area contributed by atoms with Crippen LogP contribution in [0.2, 0.25) is 0 Å². The molecular formula is C44H26O2. The predicted octanol–water partition coefficient (Wildman–Crippen LogP) is 12.7. The van der Waals surface area contributed by atoms with Gasteiger partial charge < -0.3 is 9.15 Å². The largest absolute Gasteiger partial charge is 0.456 e. The molecule has 0 aliphatic carbocycles. The molecule has 214 valence electrons. The van der Waals surface area contributed by atoms with Gasteiger partial charge in [0.15, 0.2) is 0 Å². The van der Waals surface area contributed by atoms with Crippen molar-refractivity contribution < 1.29 is 9.15 Å². The molecule has 0 unspecified atom stereocenters. The molecule has 0 fully saturated rings. The predicted molar refractivity (Wildman–Crippen MR) is 191 cm³/mol. The molecular weight excluding hydrogens is 560 g/mol. The zero-order valence-electron chi connectivity index (χ0n) is 24.8. The van der Waals surface area contributed by atoms with Gasteiger partial charge in [-0.1, -0.05) is 121 Å². The number of hydrogen-bond acceptors (Lipinski definition) is 2. The molecule has 2 nitrogen and oxygen atoms in total. The van der Waals surface area contributed by atoms with Crippen molar-refractivity contribution in [3.63, 3.8) is 0 Å². The van der Waals surface area contributed by atoms with Crippen LogP contribution < -0.4 is 4.74 Å². The Labute approximate surface area is 265 Å². The Balaban J connectivity index is 1.17. The average Bonchev–Trinajstić information content (AvgIpc) is 3.48. The normalized spacial score (nSPS) is 12.1. The van der Waals surface area contributed by atoms with Crippen LogP contribution in [0, 0.1) is 0 Å². The van der Waals surface area contributed by atoms with E-state index in [1.165, 1.54) is 54.9 Å². The number of hydrogen-bond donors (Lipinski definition) is 0. The summed E-state index contributed by atoms with van der Waals surface area (Å²) in [7, 11) is 0. The van der Waals surface area contributed by atoms with Crippen LogP contribution in [0.3, 0.4) is 0 Å². The van der Waals surface area contributed by atoms with Gasteiger partial charge in [0.2, 0.25) is 0 Å². The third kappa shape index (κ3) is 3.71. The van der Waals surface area contributed by atoms with Crippen molar-refractivity contribution in [1.82, 2.24) is 0 Å². The molecule has 0 saturated carbocycles. The minimum atomic E-state index is 0.888. The van der Waals surface area contributed by atoms with Crippen LogP contribution in [-0.4, -0.2) is 0 Å². The van der Waals surface area contributed by atoms with Gasteiger partial charge in [0.05, 0.1) is 0 Å². The number of ether oxygens (including phenoxy) is 1. The molecule has 0 amide bonds. The summed E-state index contributed by atoms with van der Waals surface area (Å²) in [6.45, 7) is 0. The Bertz CT molecular complexity index is 2670. The van der Waals surface area contributed by atoms with Gasteiger partial charge in [-0.3, -0.25) is 0 Å². The first kappa shape index (κ1) is 25.2. The van der Waals surface area contributed by atoms with Crippen molar-refractivity contribution in [3.8, 4) is 56.0 Å². The maximum Gasteiger partial charge on any atom is 0.136 e. The molecule has 0 bridgehead atoms. The van der Waals surface area contributed by atoms with Crippen molar-refractivity contribution >= 4 is 43.5 Å². The summed E-state index contributed by atoms with van der Waals surface area (Å²) in [5.41, 5.74) is 11.2. The number of furan rings is 1. The highest BCUT2D eigenvalue weighted by Crippen LogP contribution is 2.49. The van der Waals surface area contributed by atoms with Gasteiger partial charge in [-0.05, 0) is 91.5 Å². The van der Waals surface area contributed by atoms with E-state index in [0.29, 0.717) is 0 Å². The second-order valence-electron chi connectivity index (χ2n) is 12.0. The SMILES string of the molecule is c1ccc(-c2ccccc2-c2cccc3oc4cc5ccccc5cc4c23)c(-c2ccc3c(c2)-c2cccc4cccc(c24)O3)c1. The topological polar surface area (TPSA) is 22.4 Å². The minimum absolute atomic E-state index is 0.888. The summed E-state index contributed by atoms with van der Waals surface area (Å²) in [5, 5.41) is 7.03. The average molecular weight is 587 g/mol. The molecule has 0 saturated heterocycles. The summed E-state index contributed by atoms with van der Waals surface area (Å²) >= 11 is 0. The van der Waals surface area contributed by atoms with Gasteiger partial charge in [0.1, 0.15) is 22.7 Å². The fourth-order valence-electron chi connectivity index (χ4n) is 7.39. The summed E-state index contributed by atoms with van der Waals surface area (Å²) in [6.07, 6.45) is 0. The summed E-state index contributed by atoms with van der Waals surface area (Å²) < 4.78 is 12.9. The lowest BCUT2D eigenvalue weighted by atomic mass is 9.87. The van der Waals surface area contributed by atoms with E-state index in [4.69, 9.17) is 9.15 Å². The minimum Gasteiger partial charge on any atom is -0.456 e. The van der Waals surface area contributed by atoms with Gasteiger partial charge in [0.25, 0.3) is 0 Å². The number of rotatable bonds is 3. The van der Waals surface area contributed by atoms with E-state index in [2.05, 4.69) is 158 Å². The first-order chi connectivity index (χ1) is 22.8. The Morgan fingerprint density at radius 1 is 0.326 bits per heavy atom. The highest BCUT2D eigenvalue weighted by Gasteiger charge is 2.22. The van der Waals surface area contributed by atoms with E-state index < -0.39 is 0 Å². The molecule has 0 spiro atoms. The maximum atomic E-state index is 6.45. The maximum absolute atomic E-state index is 6.45. The third-order valence-corrected chi connectivity index (χ3v) is 9.46. The molecule has 0 radical (unpaired) electrons. The highest BCUT2D eigenvalue weighted by atomic mass is 16.5. The van der Waals surface area contributed by atoms with Gasteiger partial charge in [0, 0.05) is 21.7 Å². The van der Waals surface area contributed by atoms with Crippen LogP contribution in [0.1, 0.15) is 0 Å². The van der Waals surface area contributed by atoms with Crippen LogP contribution in [0.15, 0.2) is 162 Å². The summed E-state index contributed by atoms with van der Waals surface area (Å²) in [4.78, 5) is 0. The molecule has 10 rings (SSSR count). The van der Waals surface area contributed by atoms with E-state index in [9.17, 15) is 0 Å². The number of fused-ring (bicyclic) bond motifs is 6. The lowest BCUT2D eigenvalue weighted by Crippen LogP contribution is -1.97. The molecule has 46 heavy (non-hydrogen) atoms. The Morgan fingerprint density at radius 2 is 0.913 bits per heavy atom. The van der Waals surface area contributed by atoms with Crippen LogP contribution in [0.5, 0.6) is 11.5 Å². The van der Waals surface area contributed by atoms with Gasteiger partial charge >= 0.3 is 0 Å². The molecule has 0 atom stereocenters. The van der Waals surface area contributed by atoms with Gasteiger partial charge in [-0.2, -0.15) is 0 Å². The smallest absolute Gasteiger partial charge is 0.136 e. The molecule has 8 aromatic carbocycles. The lowest BCUT2D eigenvalue weighted by molar-refractivity contribution is 0.487. The Hall–Kier alpha value is -6.12. The van der Waals surface area contributed by atoms with Crippen LogP contribution in [0.4, 0.5) is 0 Å². The van der Waals surface area contributed by atoms with E-state index in [1.807, 2.05) is 0 Å². The van der Waals surface area contributed by atoms with Crippen LogP contribution in [-0.2, 0) is 0 Å². The fraction of sp³-hybridized carbons (Fsp3) is 0. The standard InChI is InChI=1S/C44H26O2/c1-2-11-29-26-42-38(24-28(29)10-1)44-35(19-9-21-41(44)46-42)34-17-6-5-16-33(34)32-15-4-3-14-31(32)30-22-23-39-37(25-30)36-18-7-12-27-13-8-20-40(45-39)43(27)36/h1-26H. The van der Waals surface area contributed by atoms with Crippen LogP contribution >= 0.6 is 0 Å². The molecule has 2 heteroatoms. The van der Waals surface area contributed by atoms with Crippen molar-refractivity contribution in [2.75, 3.05) is 0 Å². The molecule has 1 aromatic heterocycles. The zero-order valence-corrected chi connectivity index (χ0v) is 24.8. The Kier molecular flexibility index (Phi) is 5.31. The zero-order chi connectivity index (χ0) is 30.2. The number of benzene rings is 8. The molecule has 1 aliphatic rings. The Morgan fingerprint density at radius 3 is 1.72 bits per heavy atom. The van der Waals surface area contributed by atoms with Crippen molar-refractivity contribution in [2.45, 2.75) is 0 Å². The van der Waals surface area contributed by atoms with E-state index >= 15 is 0 Å². The van der Waals surface area contributed by atoms with E-state index in [-0.39, 0.29) is 0 Å². The third-order valence-electron chi connectivity index (χ3n) is 9.46. The highest BCUT2D eigenvalue weighted by molar-refractivity contribution is 6.16. The quantitative estimate of drug-likeness (QED) is 0.205. The van der Waals surface area contributed by atoms with Crippen molar-refractivity contribution in [2.24, 2.45) is 0 Å². The van der Waals surface area contributed by atoms with E-state index in [0.717, 1.165) is 44.6 Å². The van der Waals surface area contributed by atoms with Crippen molar-refractivity contribution in [3.05, 3.63) is 158 Å². The second kappa shape index (κ2) is 9.69. The van der Waals surface area contributed by atoms with Gasteiger partial charge in [-0.25, -0.2) is 0 Å². The van der Waals surface area contributed by atoms with Crippen molar-refractivity contribution in [1.29, 1.82) is 0 Å². The first-order valence-electron chi connectivity index (χ1n) is 15.7.